The molecule has 1 heterocycles. The van der Waals surface area contributed by atoms with Gasteiger partial charge in [0, 0.05) is 17.3 Å². The van der Waals surface area contributed by atoms with Crippen molar-refractivity contribution in [1.29, 1.82) is 0 Å². The summed E-state index contributed by atoms with van der Waals surface area (Å²) in [6.07, 6.45) is 1.50. The fourth-order valence-electron chi connectivity index (χ4n) is 2.62. The van der Waals surface area contributed by atoms with Gasteiger partial charge in [-0.25, -0.2) is 4.39 Å². The Bertz CT molecular complexity index is 1130. The molecule has 0 fully saturated rings. The summed E-state index contributed by atoms with van der Waals surface area (Å²) in [5.74, 6) is -0.428. The zero-order chi connectivity index (χ0) is 20.3. The van der Waals surface area contributed by atoms with Crippen LogP contribution in [0.5, 0.6) is 11.5 Å². The molecule has 0 aliphatic rings. The van der Waals surface area contributed by atoms with Crippen molar-refractivity contribution in [2.45, 2.75) is 13.5 Å². The van der Waals surface area contributed by atoms with Crippen LogP contribution in [-0.2, 0) is 17.1 Å². The molecule has 146 valence electrons. The number of hydrogen-bond donors (Lipinski definition) is 1. The van der Waals surface area contributed by atoms with Crippen molar-refractivity contribution in [1.82, 2.24) is 4.98 Å². The average molecular weight is 407 g/mol. The number of aromatic amines is 1. The van der Waals surface area contributed by atoms with Gasteiger partial charge in [-0.3, -0.25) is 4.79 Å². The lowest BCUT2D eigenvalue weighted by molar-refractivity contribution is 0.298. The minimum absolute atomic E-state index is 0.0926. The molecule has 0 aliphatic carbocycles. The number of halogens is 2. The van der Waals surface area contributed by atoms with Crippen molar-refractivity contribution in [3.8, 4) is 22.6 Å². The van der Waals surface area contributed by atoms with Gasteiger partial charge < -0.3 is 13.9 Å². The van der Waals surface area contributed by atoms with Crippen LogP contribution in [0.4, 0.5) is 8.28 Å². The van der Waals surface area contributed by atoms with E-state index in [1.807, 2.05) is 0 Å². The molecule has 0 radical (unpaired) electrons. The molecule has 1 N–H and O–H groups in total. The standard InChI is InChI=1S/C19H15F2NO5S/c1-12-9-13(16-3-2-8-22-19(16)23)10-18(20)17(12)11-26-14-4-6-15(7-5-14)27-28(21,24)25/h2-10H,11H2,1H3,(H,22,23). The minimum atomic E-state index is -5.10. The number of hydrogen-bond acceptors (Lipinski definition) is 5. The van der Waals surface area contributed by atoms with E-state index in [0.717, 1.165) is 0 Å². The Kier molecular flexibility index (Phi) is 5.46. The molecule has 0 spiro atoms. The van der Waals surface area contributed by atoms with Crippen LogP contribution in [0, 0.1) is 12.7 Å². The molecule has 0 aliphatic heterocycles. The second-order valence-electron chi connectivity index (χ2n) is 5.90. The van der Waals surface area contributed by atoms with Crippen LogP contribution in [0.25, 0.3) is 11.1 Å². The maximum absolute atomic E-state index is 14.6. The number of nitrogens with one attached hydrogen (secondary N) is 1. The number of aryl methyl sites for hydroxylation is 1. The van der Waals surface area contributed by atoms with Gasteiger partial charge in [0.25, 0.3) is 5.56 Å². The molecular weight excluding hydrogens is 392 g/mol. The number of ether oxygens (including phenoxy) is 1. The first-order valence-corrected chi connectivity index (χ1v) is 9.38. The smallest absolute Gasteiger partial charge is 0.488 e. The summed E-state index contributed by atoms with van der Waals surface area (Å²) >= 11 is 0. The third-order valence-corrected chi connectivity index (χ3v) is 4.34. The Morgan fingerprint density at radius 1 is 1.07 bits per heavy atom. The molecule has 0 amide bonds. The number of aromatic nitrogens is 1. The highest BCUT2D eigenvalue weighted by molar-refractivity contribution is 7.81. The van der Waals surface area contributed by atoms with Gasteiger partial charge in [-0.2, -0.15) is 8.42 Å². The summed E-state index contributed by atoms with van der Waals surface area (Å²) in [4.78, 5) is 14.4. The van der Waals surface area contributed by atoms with E-state index in [-0.39, 0.29) is 17.9 Å². The fraction of sp³-hybridized carbons (Fsp3) is 0.105. The lowest BCUT2D eigenvalue weighted by Crippen LogP contribution is -2.08. The molecular formula is C19H15F2NO5S. The molecule has 9 heteroatoms. The monoisotopic (exact) mass is 407 g/mol. The highest BCUT2D eigenvalue weighted by Gasteiger charge is 2.13. The van der Waals surface area contributed by atoms with Crippen molar-refractivity contribution in [2.24, 2.45) is 0 Å². The highest BCUT2D eigenvalue weighted by Crippen LogP contribution is 2.25. The Labute approximate surface area is 159 Å². The SMILES string of the molecule is Cc1cc(-c2ccc[nH]c2=O)cc(F)c1COc1ccc(OS(=O)(=O)F)cc1. The van der Waals surface area contributed by atoms with Gasteiger partial charge in [0.2, 0.25) is 0 Å². The summed E-state index contributed by atoms with van der Waals surface area (Å²) in [5.41, 5.74) is 1.40. The Balaban J connectivity index is 1.76. The first-order valence-electron chi connectivity index (χ1n) is 8.07. The molecule has 0 unspecified atom stereocenters. The summed E-state index contributed by atoms with van der Waals surface area (Å²) in [6, 6.07) is 11.4. The molecule has 6 nitrogen and oxygen atoms in total. The number of rotatable bonds is 6. The lowest BCUT2D eigenvalue weighted by Gasteiger charge is -2.12. The predicted octanol–water partition coefficient (Wildman–Crippen LogP) is 3.66. The Hall–Kier alpha value is -3.20. The zero-order valence-electron chi connectivity index (χ0n) is 14.6. The van der Waals surface area contributed by atoms with Crippen LogP contribution >= 0.6 is 0 Å². The topological polar surface area (TPSA) is 85.5 Å². The van der Waals surface area contributed by atoms with E-state index in [2.05, 4.69) is 9.17 Å². The third-order valence-electron chi connectivity index (χ3n) is 3.95. The lowest BCUT2D eigenvalue weighted by atomic mass is 10.0. The van der Waals surface area contributed by atoms with Crippen LogP contribution in [0.15, 0.2) is 59.5 Å². The second-order valence-corrected chi connectivity index (χ2v) is 6.86. The molecule has 0 bridgehead atoms. The maximum atomic E-state index is 14.6. The van der Waals surface area contributed by atoms with Crippen molar-refractivity contribution in [2.75, 3.05) is 0 Å². The van der Waals surface area contributed by atoms with Crippen molar-refractivity contribution >= 4 is 10.5 Å². The molecule has 0 saturated heterocycles. The number of benzene rings is 2. The summed E-state index contributed by atoms with van der Waals surface area (Å²) in [5, 5.41) is 0. The van der Waals surface area contributed by atoms with E-state index in [0.29, 0.717) is 28.0 Å². The molecule has 1 aromatic heterocycles. The van der Waals surface area contributed by atoms with Gasteiger partial charge in [-0.1, -0.05) is 9.95 Å². The molecule has 3 aromatic rings. The molecule has 28 heavy (non-hydrogen) atoms. The number of H-pyrrole nitrogens is 1. The van der Waals surface area contributed by atoms with E-state index < -0.39 is 16.3 Å². The largest absolute Gasteiger partial charge is 0.489 e. The minimum Gasteiger partial charge on any atom is -0.489 e. The van der Waals surface area contributed by atoms with E-state index in [1.165, 1.54) is 36.5 Å². The normalized spacial score (nSPS) is 11.2. The summed E-state index contributed by atoms with van der Waals surface area (Å²) in [6.45, 7) is 1.61. The fourth-order valence-corrected chi connectivity index (χ4v) is 2.96. The molecule has 3 rings (SSSR count). The van der Waals surface area contributed by atoms with Gasteiger partial charge in [-0.15, -0.1) is 0 Å². The molecule has 2 aromatic carbocycles. The quantitative estimate of drug-likeness (QED) is 0.631. The molecule has 0 atom stereocenters. The van der Waals surface area contributed by atoms with Crippen LogP contribution < -0.4 is 14.5 Å². The van der Waals surface area contributed by atoms with Gasteiger partial charge >= 0.3 is 10.5 Å². The second kappa shape index (κ2) is 7.81. The van der Waals surface area contributed by atoms with Gasteiger partial charge in [-0.05, 0) is 60.5 Å². The maximum Gasteiger partial charge on any atom is 0.488 e. The van der Waals surface area contributed by atoms with Crippen LogP contribution in [0.1, 0.15) is 11.1 Å². The predicted molar refractivity (Wildman–Crippen MR) is 98.6 cm³/mol. The summed E-state index contributed by atoms with van der Waals surface area (Å²) < 4.78 is 57.5. The van der Waals surface area contributed by atoms with E-state index in [9.17, 15) is 21.5 Å². The Morgan fingerprint density at radius 3 is 2.36 bits per heavy atom. The van der Waals surface area contributed by atoms with E-state index in [4.69, 9.17) is 4.74 Å². The summed E-state index contributed by atoms with van der Waals surface area (Å²) in [7, 11) is -5.10. The average Bonchev–Trinajstić information content (AvgIpc) is 2.61. The Morgan fingerprint density at radius 2 is 1.75 bits per heavy atom. The zero-order valence-corrected chi connectivity index (χ0v) is 15.4. The van der Waals surface area contributed by atoms with Gasteiger partial charge in [0.1, 0.15) is 23.9 Å². The van der Waals surface area contributed by atoms with Gasteiger partial charge in [0.15, 0.2) is 0 Å². The molecule has 0 saturated carbocycles. The number of pyridine rings is 1. The van der Waals surface area contributed by atoms with E-state index in [1.54, 1.807) is 25.1 Å². The van der Waals surface area contributed by atoms with Crippen LogP contribution in [-0.4, -0.2) is 13.4 Å². The van der Waals surface area contributed by atoms with Crippen LogP contribution in [0.3, 0.4) is 0 Å². The van der Waals surface area contributed by atoms with Crippen molar-refractivity contribution in [3.05, 3.63) is 82.0 Å². The van der Waals surface area contributed by atoms with Crippen molar-refractivity contribution < 1.29 is 25.6 Å². The first-order chi connectivity index (χ1) is 13.2. The van der Waals surface area contributed by atoms with Crippen LogP contribution in [0.2, 0.25) is 0 Å². The van der Waals surface area contributed by atoms with Crippen molar-refractivity contribution in [3.63, 3.8) is 0 Å². The highest BCUT2D eigenvalue weighted by atomic mass is 32.3. The first kappa shape index (κ1) is 19.6. The van der Waals surface area contributed by atoms with E-state index >= 15 is 0 Å². The third kappa shape index (κ3) is 4.74. The van der Waals surface area contributed by atoms with Gasteiger partial charge in [0.05, 0.1) is 0 Å².